The van der Waals surface area contributed by atoms with E-state index in [0.29, 0.717) is 5.02 Å². The summed E-state index contributed by atoms with van der Waals surface area (Å²) in [6, 6.07) is 7.51. The van der Waals surface area contributed by atoms with Crippen molar-refractivity contribution < 1.29 is 9.63 Å². The summed E-state index contributed by atoms with van der Waals surface area (Å²) in [5, 5.41) is 6.68. The highest BCUT2D eigenvalue weighted by atomic mass is 35.5. The standard InChI is InChI=1S/C11H13ClN2O2S/c1-8(7-14-16-11(15)13-2)17-10-5-3-9(12)4-6-10/h3-8H,1-2H3,(H,13,15). The van der Waals surface area contributed by atoms with Crippen LogP contribution in [-0.2, 0) is 4.84 Å². The van der Waals surface area contributed by atoms with E-state index in [9.17, 15) is 4.79 Å². The highest BCUT2D eigenvalue weighted by Crippen LogP contribution is 2.23. The molecule has 0 saturated heterocycles. The molecular weight excluding hydrogens is 260 g/mol. The van der Waals surface area contributed by atoms with Gasteiger partial charge in [0.25, 0.3) is 0 Å². The summed E-state index contributed by atoms with van der Waals surface area (Å²) in [6.45, 7) is 1.95. The van der Waals surface area contributed by atoms with Crippen LogP contribution in [0.5, 0.6) is 0 Å². The largest absolute Gasteiger partial charge is 0.433 e. The number of oxime groups is 1. The Morgan fingerprint density at radius 3 is 2.76 bits per heavy atom. The van der Waals surface area contributed by atoms with E-state index in [0.717, 1.165) is 4.90 Å². The van der Waals surface area contributed by atoms with Gasteiger partial charge in [-0.1, -0.05) is 16.8 Å². The van der Waals surface area contributed by atoms with Crippen molar-refractivity contribution in [2.75, 3.05) is 7.05 Å². The van der Waals surface area contributed by atoms with Crippen LogP contribution in [0.15, 0.2) is 34.3 Å². The predicted molar refractivity (Wildman–Crippen MR) is 70.8 cm³/mol. The molecule has 0 fully saturated rings. The van der Waals surface area contributed by atoms with Crippen LogP contribution in [0.25, 0.3) is 0 Å². The molecule has 0 aliphatic carbocycles. The van der Waals surface area contributed by atoms with Crippen LogP contribution in [0.4, 0.5) is 4.79 Å². The molecule has 1 unspecified atom stereocenters. The number of nitrogens with one attached hydrogen (secondary N) is 1. The van der Waals surface area contributed by atoms with Gasteiger partial charge in [0.1, 0.15) is 0 Å². The molecule has 1 aromatic rings. The van der Waals surface area contributed by atoms with Crippen molar-refractivity contribution in [3.63, 3.8) is 0 Å². The minimum absolute atomic E-state index is 0.0980. The molecule has 0 aliphatic heterocycles. The van der Waals surface area contributed by atoms with Crippen LogP contribution in [0.2, 0.25) is 5.02 Å². The van der Waals surface area contributed by atoms with Gasteiger partial charge in [-0.3, -0.25) is 4.84 Å². The number of amides is 1. The fourth-order valence-corrected chi connectivity index (χ4v) is 1.93. The predicted octanol–water partition coefficient (Wildman–Crippen LogP) is 3.16. The van der Waals surface area contributed by atoms with Gasteiger partial charge in [0.15, 0.2) is 0 Å². The van der Waals surface area contributed by atoms with Crippen molar-refractivity contribution in [2.45, 2.75) is 17.1 Å². The molecule has 0 spiro atoms. The van der Waals surface area contributed by atoms with Gasteiger partial charge in [-0.05, 0) is 31.2 Å². The Morgan fingerprint density at radius 2 is 2.18 bits per heavy atom. The number of benzene rings is 1. The maximum atomic E-state index is 10.7. The van der Waals surface area contributed by atoms with Gasteiger partial charge in [-0.15, -0.1) is 11.8 Å². The molecule has 4 nitrogen and oxygen atoms in total. The second-order valence-corrected chi connectivity index (χ2v) is 5.05. The lowest BCUT2D eigenvalue weighted by atomic mass is 10.4. The van der Waals surface area contributed by atoms with Gasteiger partial charge in [0, 0.05) is 22.2 Å². The van der Waals surface area contributed by atoms with Crippen molar-refractivity contribution in [1.29, 1.82) is 0 Å². The fourth-order valence-electron chi connectivity index (χ4n) is 0.968. The van der Waals surface area contributed by atoms with Gasteiger partial charge in [0.05, 0.1) is 6.21 Å². The van der Waals surface area contributed by atoms with Gasteiger partial charge >= 0.3 is 6.09 Å². The minimum atomic E-state index is -0.579. The zero-order valence-corrected chi connectivity index (χ0v) is 11.1. The van der Waals surface area contributed by atoms with Gasteiger partial charge in [-0.25, -0.2) is 4.79 Å². The smallest absolute Gasteiger partial charge is 0.323 e. The second-order valence-electron chi connectivity index (χ2n) is 3.16. The van der Waals surface area contributed by atoms with Gasteiger partial charge in [-0.2, -0.15) is 0 Å². The summed E-state index contributed by atoms with van der Waals surface area (Å²) in [4.78, 5) is 16.3. The van der Waals surface area contributed by atoms with Crippen LogP contribution in [0.3, 0.4) is 0 Å². The van der Waals surface area contributed by atoms with Crippen molar-refractivity contribution >= 4 is 35.7 Å². The van der Waals surface area contributed by atoms with E-state index < -0.39 is 6.09 Å². The van der Waals surface area contributed by atoms with Crippen LogP contribution < -0.4 is 5.32 Å². The highest BCUT2D eigenvalue weighted by Gasteiger charge is 2.02. The van der Waals surface area contributed by atoms with Crippen molar-refractivity contribution in [1.82, 2.24) is 5.32 Å². The fraction of sp³-hybridized carbons (Fsp3) is 0.273. The molecule has 1 atom stereocenters. The highest BCUT2D eigenvalue weighted by molar-refractivity contribution is 8.00. The molecule has 0 heterocycles. The van der Waals surface area contributed by atoms with Crippen molar-refractivity contribution in [3.8, 4) is 0 Å². The van der Waals surface area contributed by atoms with Crippen LogP contribution >= 0.6 is 23.4 Å². The molecule has 17 heavy (non-hydrogen) atoms. The Kier molecular flexibility index (Phi) is 5.86. The quantitative estimate of drug-likeness (QED) is 0.396. The van der Waals surface area contributed by atoms with E-state index >= 15 is 0 Å². The lowest BCUT2D eigenvalue weighted by Gasteiger charge is -2.05. The first kappa shape index (κ1) is 13.9. The summed E-state index contributed by atoms with van der Waals surface area (Å²) >= 11 is 7.37. The number of thioether (sulfide) groups is 1. The molecule has 0 saturated carbocycles. The van der Waals surface area contributed by atoms with Crippen molar-refractivity contribution in [2.24, 2.45) is 5.16 Å². The number of halogens is 1. The molecule has 1 aromatic carbocycles. The minimum Gasteiger partial charge on any atom is -0.323 e. The Bertz CT molecular complexity index is 395. The van der Waals surface area contributed by atoms with Crippen molar-refractivity contribution in [3.05, 3.63) is 29.3 Å². The van der Waals surface area contributed by atoms with Crippen LogP contribution in [0, 0.1) is 0 Å². The summed E-state index contributed by atoms with van der Waals surface area (Å²) in [7, 11) is 1.48. The maximum Gasteiger partial charge on any atom is 0.433 e. The van der Waals surface area contributed by atoms with E-state index in [1.165, 1.54) is 7.05 Å². The molecule has 0 aromatic heterocycles. The third-order valence-corrected chi connectivity index (χ3v) is 3.04. The molecule has 92 valence electrons. The molecule has 1 rings (SSSR count). The van der Waals surface area contributed by atoms with E-state index in [1.54, 1.807) is 18.0 Å². The Labute approximate surface area is 109 Å². The Hall–Kier alpha value is -1.20. The topological polar surface area (TPSA) is 50.7 Å². The molecule has 1 N–H and O–H groups in total. The molecule has 0 aliphatic rings. The van der Waals surface area contributed by atoms with E-state index in [4.69, 9.17) is 11.6 Å². The Balaban J connectivity index is 2.41. The first-order valence-corrected chi connectivity index (χ1v) is 6.22. The number of hydrogen-bond donors (Lipinski definition) is 1. The zero-order chi connectivity index (χ0) is 12.7. The lowest BCUT2D eigenvalue weighted by molar-refractivity contribution is 0.153. The summed E-state index contributed by atoms with van der Waals surface area (Å²) < 4.78 is 0. The molecule has 0 radical (unpaired) electrons. The molecular formula is C11H13ClN2O2S. The van der Waals surface area contributed by atoms with E-state index in [1.807, 2.05) is 31.2 Å². The SMILES string of the molecule is CNC(=O)ON=CC(C)Sc1ccc(Cl)cc1. The van der Waals surface area contributed by atoms with E-state index in [2.05, 4.69) is 15.3 Å². The zero-order valence-electron chi connectivity index (χ0n) is 9.51. The number of carbonyl (C=O) groups excluding carboxylic acids is 1. The average molecular weight is 273 g/mol. The summed E-state index contributed by atoms with van der Waals surface area (Å²) in [5.74, 6) is 0. The summed E-state index contributed by atoms with van der Waals surface area (Å²) in [6.07, 6.45) is 0.985. The first-order valence-electron chi connectivity index (χ1n) is 4.96. The van der Waals surface area contributed by atoms with Gasteiger partial charge < -0.3 is 5.32 Å². The number of rotatable bonds is 4. The molecule has 0 bridgehead atoms. The lowest BCUT2D eigenvalue weighted by Crippen LogP contribution is -2.17. The number of nitrogens with zero attached hydrogens (tertiary/aromatic N) is 1. The third-order valence-electron chi connectivity index (χ3n) is 1.75. The monoisotopic (exact) mass is 272 g/mol. The van der Waals surface area contributed by atoms with Crippen LogP contribution in [0.1, 0.15) is 6.92 Å². The number of carbonyl (C=O) groups is 1. The third kappa shape index (κ3) is 5.60. The Morgan fingerprint density at radius 1 is 1.53 bits per heavy atom. The first-order chi connectivity index (χ1) is 8.11. The summed E-state index contributed by atoms with van der Waals surface area (Å²) in [5.41, 5.74) is 0. The molecule has 1 amide bonds. The second kappa shape index (κ2) is 7.19. The van der Waals surface area contributed by atoms with E-state index in [-0.39, 0.29) is 5.25 Å². The van der Waals surface area contributed by atoms with Crippen LogP contribution in [-0.4, -0.2) is 24.6 Å². The van der Waals surface area contributed by atoms with Gasteiger partial charge in [0.2, 0.25) is 0 Å². The maximum absolute atomic E-state index is 10.7. The number of hydrogen-bond acceptors (Lipinski definition) is 4. The molecule has 6 heteroatoms. The average Bonchev–Trinajstić information content (AvgIpc) is 2.32. The normalized spacial score (nSPS) is 12.4.